The molecule has 0 bridgehead atoms. The highest BCUT2D eigenvalue weighted by molar-refractivity contribution is 7.89. The van der Waals surface area contributed by atoms with E-state index in [0.29, 0.717) is 11.4 Å². The molecule has 0 fully saturated rings. The van der Waals surface area contributed by atoms with Gasteiger partial charge in [-0.1, -0.05) is 26.7 Å². The summed E-state index contributed by atoms with van der Waals surface area (Å²) >= 11 is 0. The molecular weight excluding hydrogens is 286 g/mol. The molecule has 1 heterocycles. The van der Waals surface area contributed by atoms with Crippen molar-refractivity contribution in [3.8, 4) is 0 Å². The van der Waals surface area contributed by atoms with Crippen LogP contribution < -0.4 is 10.0 Å². The summed E-state index contributed by atoms with van der Waals surface area (Å²) in [4.78, 5) is 0.365. The van der Waals surface area contributed by atoms with Gasteiger partial charge >= 0.3 is 0 Å². The molecule has 0 spiro atoms. The molecule has 0 radical (unpaired) electrons. The molecule has 0 aliphatic heterocycles. The molecule has 1 atom stereocenters. The van der Waals surface area contributed by atoms with Gasteiger partial charge in [0.15, 0.2) is 0 Å². The number of unbranched alkanes of at least 4 members (excludes halogenated alkanes) is 1. The van der Waals surface area contributed by atoms with E-state index in [1.54, 1.807) is 12.3 Å². The fourth-order valence-electron chi connectivity index (χ4n) is 2.35. The third-order valence-corrected chi connectivity index (χ3v) is 5.00. The maximum absolute atomic E-state index is 12.4. The number of hydrogen-bond donors (Lipinski definition) is 2. The van der Waals surface area contributed by atoms with Gasteiger partial charge in [0.2, 0.25) is 10.0 Å². The van der Waals surface area contributed by atoms with E-state index in [2.05, 4.69) is 23.9 Å². The number of aryl methyl sites for hydroxylation is 1. The van der Waals surface area contributed by atoms with Crippen LogP contribution in [0.5, 0.6) is 0 Å². The van der Waals surface area contributed by atoms with Crippen molar-refractivity contribution in [3.05, 3.63) is 18.0 Å². The molecule has 1 unspecified atom stereocenters. The fourth-order valence-corrected chi connectivity index (χ4v) is 3.69. The lowest BCUT2D eigenvalue weighted by atomic mass is 10.2. The summed E-state index contributed by atoms with van der Waals surface area (Å²) in [5.41, 5.74) is 1.00. The molecule has 0 amide bonds. The van der Waals surface area contributed by atoms with Crippen LogP contribution in [0.15, 0.2) is 17.2 Å². The highest BCUT2D eigenvalue weighted by atomic mass is 32.2. The topological polar surface area (TPSA) is 63.1 Å². The fraction of sp³-hybridized carbons (Fsp3) is 0.733. The van der Waals surface area contributed by atoms with Crippen LogP contribution in [0.2, 0.25) is 0 Å². The Bertz CT molecular complexity index is 500. The predicted molar refractivity (Wildman–Crippen MR) is 86.8 cm³/mol. The van der Waals surface area contributed by atoms with Gasteiger partial charge in [-0.25, -0.2) is 13.1 Å². The van der Waals surface area contributed by atoms with Gasteiger partial charge in [0.1, 0.15) is 0 Å². The molecule has 0 aromatic carbocycles. The molecule has 2 N–H and O–H groups in total. The summed E-state index contributed by atoms with van der Waals surface area (Å²) in [6, 6.07) is 1.73. The number of aromatic nitrogens is 1. The maximum atomic E-state index is 12.4. The minimum absolute atomic E-state index is 0.0303. The Hall–Kier alpha value is -0.850. The molecule has 122 valence electrons. The lowest BCUT2D eigenvalue weighted by Gasteiger charge is -2.12. The zero-order valence-electron chi connectivity index (χ0n) is 13.6. The first-order valence-corrected chi connectivity index (χ1v) is 9.28. The SMILES string of the molecule is CCCCC(C)NS(=O)(=O)c1cc(CNC)n(CCC)c1. The molecule has 21 heavy (non-hydrogen) atoms. The van der Waals surface area contributed by atoms with Gasteiger partial charge in [-0.15, -0.1) is 0 Å². The van der Waals surface area contributed by atoms with Crippen molar-refractivity contribution in [3.63, 3.8) is 0 Å². The van der Waals surface area contributed by atoms with Crippen LogP contribution in [-0.4, -0.2) is 26.1 Å². The molecular formula is C15H29N3O2S. The van der Waals surface area contributed by atoms with E-state index in [4.69, 9.17) is 0 Å². The number of hydrogen-bond acceptors (Lipinski definition) is 3. The van der Waals surface area contributed by atoms with Crippen molar-refractivity contribution in [2.45, 2.75) is 70.5 Å². The monoisotopic (exact) mass is 315 g/mol. The Morgan fingerprint density at radius 2 is 2.00 bits per heavy atom. The van der Waals surface area contributed by atoms with Crippen molar-refractivity contribution < 1.29 is 8.42 Å². The summed E-state index contributed by atoms with van der Waals surface area (Å²) in [7, 11) is -1.56. The van der Waals surface area contributed by atoms with E-state index in [1.165, 1.54) is 0 Å². The Balaban J connectivity index is 2.89. The number of nitrogens with one attached hydrogen (secondary N) is 2. The third kappa shape index (κ3) is 5.45. The lowest BCUT2D eigenvalue weighted by Crippen LogP contribution is -2.32. The molecule has 1 aromatic rings. The summed E-state index contributed by atoms with van der Waals surface area (Å²) < 4.78 is 29.7. The van der Waals surface area contributed by atoms with E-state index in [0.717, 1.165) is 37.9 Å². The van der Waals surface area contributed by atoms with Gasteiger partial charge in [0.25, 0.3) is 0 Å². The molecule has 1 rings (SSSR count). The van der Waals surface area contributed by atoms with Gasteiger partial charge in [0.05, 0.1) is 4.90 Å². The molecule has 0 aliphatic rings. The second-order valence-electron chi connectivity index (χ2n) is 5.56. The first-order valence-electron chi connectivity index (χ1n) is 7.80. The van der Waals surface area contributed by atoms with Gasteiger partial charge in [0, 0.05) is 31.0 Å². The summed E-state index contributed by atoms with van der Waals surface area (Å²) in [5.74, 6) is 0. The second-order valence-corrected chi connectivity index (χ2v) is 7.27. The van der Waals surface area contributed by atoms with Gasteiger partial charge in [-0.05, 0) is 32.9 Å². The Morgan fingerprint density at radius 3 is 2.57 bits per heavy atom. The summed E-state index contributed by atoms with van der Waals surface area (Å²) in [5, 5.41) is 3.08. The second kappa shape index (κ2) is 8.56. The Labute approximate surface area is 129 Å². The normalized spacial score (nSPS) is 13.5. The summed E-state index contributed by atoms with van der Waals surface area (Å²) in [6.07, 6.45) is 5.70. The van der Waals surface area contributed by atoms with Gasteiger partial charge in [-0.3, -0.25) is 0 Å². The minimum atomic E-state index is -3.43. The van der Waals surface area contributed by atoms with Crippen LogP contribution in [0.25, 0.3) is 0 Å². The van der Waals surface area contributed by atoms with Gasteiger partial charge < -0.3 is 9.88 Å². The van der Waals surface area contributed by atoms with Crippen molar-refractivity contribution in [1.82, 2.24) is 14.6 Å². The molecule has 0 saturated carbocycles. The zero-order valence-corrected chi connectivity index (χ0v) is 14.5. The quantitative estimate of drug-likeness (QED) is 0.697. The van der Waals surface area contributed by atoms with Crippen LogP contribution in [0, 0.1) is 0 Å². The average Bonchev–Trinajstić information content (AvgIpc) is 2.81. The Kier molecular flexibility index (Phi) is 7.42. The molecule has 5 nitrogen and oxygen atoms in total. The van der Waals surface area contributed by atoms with E-state index in [9.17, 15) is 8.42 Å². The van der Waals surface area contributed by atoms with Crippen LogP contribution in [0.3, 0.4) is 0 Å². The highest BCUT2D eigenvalue weighted by Crippen LogP contribution is 2.16. The third-order valence-electron chi connectivity index (χ3n) is 3.44. The van der Waals surface area contributed by atoms with Gasteiger partial charge in [-0.2, -0.15) is 0 Å². The maximum Gasteiger partial charge on any atom is 0.242 e. The molecule has 0 saturated heterocycles. The molecule has 0 aliphatic carbocycles. The number of nitrogens with zero attached hydrogens (tertiary/aromatic N) is 1. The Morgan fingerprint density at radius 1 is 1.29 bits per heavy atom. The van der Waals surface area contributed by atoms with Crippen molar-refractivity contribution in [1.29, 1.82) is 0 Å². The van der Waals surface area contributed by atoms with E-state index < -0.39 is 10.0 Å². The lowest BCUT2D eigenvalue weighted by molar-refractivity contribution is 0.534. The van der Waals surface area contributed by atoms with E-state index in [-0.39, 0.29) is 6.04 Å². The van der Waals surface area contributed by atoms with E-state index in [1.807, 2.05) is 18.5 Å². The first-order chi connectivity index (χ1) is 9.94. The summed E-state index contributed by atoms with van der Waals surface area (Å²) in [6.45, 7) is 7.61. The molecule has 6 heteroatoms. The smallest absolute Gasteiger partial charge is 0.242 e. The van der Waals surface area contributed by atoms with Crippen molar-refractivity contribution >= 4 is 10.0 Å². The highest BCUT2D eigenvalue weighted by Gasteiger charge is 2.20. The largest absolute Gasteiger partial charge is 0.349 e. The minimum Gasteiger partial charge on any atom is -0.349 e. The van der Waals surface area contributed by atoms with Crippen LogP contribution in [-0.2, 0) is 23.1 Å². The number of sulfonamides is 1. The van der Waals surface area contributed by atoms with Crippen LogP contribution in [0.4, 0.5) is 0 Å². The van der Waals surface area contributed by atoms with Crippen LogP contribution in [0.1, 0.15) is 52.1 Å². The zero-order chi connectivity index (χ0) is 15.9. The van der Waals surface area contributed by atoms with Crippen LogP contribution >= 0.6 is 0 Å². The predicted octanol–water partition coefficient (Wildman–Crippen LogP) is 2.47. The molecule has 1 aromatic heterocycles. The number of rotatable bonds is 10. The average molecular weight is 315 g/mol. The van der Waals surface area contributed by atoms with Crippen molar-refractivity contribution in [2.24, 2.45) is 0 Å². The standard InChI is InChI=1S/C15H29N3O2S/c1-5-7-8-13(3)17-21(19,20)15-10-14(11-16-4)18(12-15)9-6-2/h10,12-13,16-17H,5-9,11H2,1-4H3. The van der Waals surface area contributed by atoms with E-state index >= 15 is 0 Å². The van der Waals surface area contributed by atoms with Crippen molar-refractivity contribution in [2.75, 3.05) is 7.05 Å². The first kappa shape index (κ1) is 18.2.